The van der Waals surface area contributed by atoms with Crippen LogP contribution in [0.4, 0.5) is 0 Å². The van der Waals surface area contributed by atoms with Gasteiger partial charge in [-0.25, -0.2) is 0 Å². The highest BCUT2D eigenvalue weighted by Crippen LogP contribution is 2.14. The van der Waals surface area contributed by atoms with Gasteiger partial charge in [-0.05, 0) is 18.2 Å². The molecule has 1 aromatic heterocycles. The van der Waals surface area contributed by atoms with Gasteiger partial charge in [0.2, 0.25) is 0 Å². The number of hydrogen-bond donors (Lipinski definition) is 2. The molecule has 7 heteroatoms. The summed E-state index contributed by atoms with van der Waals surface area (Å²) in [4.78, 5) is 3.18. The first-order valence-electron chi connectivity index (χ1n) is 6.45. The fourth-order valence-electron chi connectivity index (χ4n) is 2.23. The van der Waals surface area contributed by atoms with Gasteiger partial charge < -0.3 is 5.32 Å². The summed E-state index contributed by atoms with van der Waals surface area (Å²) in [5.41, 5.74) is 1.58. The van der Waals surface area contributed by atoms with Gasteiger partial charge in [0.1, 0.15) is 11.0 Å². The summed E-state index contributed by atoms with van der Waals surface area (Å²) in [5.74, 6) is 0.670. The van der Waals surface area contributed by atoms with Crippen LogP contribution in [0.3, 0.4) is 0 Å². The largest absolute Gasteiger partial charge is 0.314 e. The number of piperazine rings is 1. The number of aromatic amines is 1. The summed E-state index contributed by atoms with van der Waals surface area (Å²) < 4.78 is 12.3. The van der Waals surface area contributed by atoms with Gasteiger partial charge in [0.15, 0.2) is 0 Å². The second-order valence-corrected chi connectivity index (χ2v) is 6.19. The SMILES string of the molecule is O=S(CCN1CCNCC1)c1ccc2n[nH]nc2c1. The van der Waals surface area contributed by atoms with Crippen LogP contribution in [0.5, 0.6) is 0 Å². The van der Waals surface area contributed by atoms with Crippen molar-refractivity contribution in [2.24, 2.45) is 0 Å². The van der Waals surface area contributed by atoms with Crippen LogP contribution in [-0.2, 0) is 10.8 Å². The average Bonchev–Trinajstić information content (AvgIpc) is 2.93. The van der Waals surface area contributed by atoms with Gasteiger partial charge in [0.05, 0.1) is 10.8 Å². The van der Waals surface area contributed by atoms with Crippen LogP contribution in [-0.4, -0.2) is 63.0 Å². The van der Waals surface area contributed by atoms with Crippen molar-refractivity contribution in [1.82, 2.24) is 25.6 Å². The molecule has 1 aromatic carbocycles. The minimum atomic E-state index is -0.969. The molecule has 0 amide bonds. The van der Waals surface area contributed by atoms with Crippen molar-refractivity contribution >= 4 is 21.8 Å². The predicted octanol–water partition coefficient (Wildman–Crippen LogP) is -0.0293. The van der Waals surface area contributed by atoms with E-state index < -0.39 is 10.8 Å². The number of benzene rings is 1. The van der Waals surface area contributed by atoms with Crippen molar-refractivity contribution in [3.05, 3.63) is 18.2 Å². The van der Waals surface area contributed by atoms with E-state index in [2.05, 4.69) is 25.6 Å². The van der Waals surface area contributed by atoms with Gasteiger partial charge in [0, 0.05) is 43.4 Å². The van der Waals surface area contributed by atoms with Crippen molar-refractivity contribution in [2.45, 2.75) is 4.90 Å². The quantitative estimate of drug-likeness (QED) is 0.822. The molecule has 1 fully saturated rings. The molecule has 3 rings (SSSR count). The molecule has 1 unspecified atom stereocenters. The van der Waals surface area contributed by atoms with Crippen LogP contribution in [0, 0.1) is 0 Å². The van der Waals surface area contributed by atoms with Gasteiger partial charge in [-0.2, -0.15) is 15.4 Å². The minimum absolute atomic E-state index is 0.670. The van der Waals surface area contributed by atoms with Crippen LogP contribution in [0.15, 0.2) is 23.1 Å². The Kier molecular flexibility index (Phi) is 3.86. The number of fused-ring (bicyclic) bond motifs is 1. The van der Waals surface area contributed by atoms with Gasteiger partial charge in [-0.3, -0.25) is 9.11 Å². The fourth-order valence-corrected chi connectivity index (χ4v) is 3.35. The van der Waals surface area contributed by atoms with E-state index in [4.69, 9.17) is 0 Å². The third-order valence-electron chi connectivity index (χ3n) is 3.35. The summed E-state index contributed by atoms with van der Waals surface area (Å²) in [5, 5.41) is 13.9. The molecule has 19 heavy (non-hydrogen) atoms. The normalized spacial score (nSPS) is 18.7. The molecule has 1 saturated heterocycles. The molecule has 2 heterocycles. The third-order valence-corrected chi connectivity index (χ3v) is 4.69. The molecule has 0 radical (unpaired) electrons. The Bertz CT molecular complexity index is 578. The molecule has 102 valence electrons. The second kappa shape index (κ2) is 5.77. The first-order valence-corrected chi connectivity index (χ1v) is 7.77. The monoisotopic (exact) mass is 279 g/mol. The molecular formula is C12H17N5OS. The molecule has 2 aromatic rings. The molecule has 0 aliphatic carbocycles. The fraction of sp³-hybridized carbons (Fsp3) is 0.500. The number of H-pyrrole nitrogens is 1. The molecule has 6 nitrogen and oxygen atoms in total. The van der Waals surface area contributed by atoms with Crippen LogP contribution in [0.25, 0.3) is 11.0 Å². The van der Waals surface area contributed by atoms with Crippen molar-refractivity contribution in [3.8, 4) is 0 Å². The van der Waals surface area contributed by atoms with Crippen molar-refractivity contribution in [1.29, 1.82) is 0 Å². The number of nitrogens with zero attached hydrogens (tertiary/aromatic N) is 3. The Balaban J connectivity index is 1.62. The Morgan fingerprint density at radius 2 is 2.00 bits per heavy atom. The van der Waals surface area contributed by atoms with Crippen molar-refractivity contribution in [3.63, 3.8) is 0 Å². The summed E-state index contributed by atoms with van der Waals surface area (Å²) in [6.07, 6.45) is 0. The standard InChI is InChI=1S/C12H17N5OS/c18-19(8-7-17-5-3-13-4-6-17)10-1-2-11-12(9-10)15-16-14-11/h1-2,9,13H,3-8H2,(H,14,15,16). The molecule has 2 N–H and O–H groups in total. The number of aromatic nitrogens is 3. The van der Waals surface area contributed by atoms with E-state index in [1.165, 1.54) is 0 Å². The topological polar surface area (TPSA) is 73.9 Å². The number of rotatable bonds is 4. The first-order chi connectivity index (χ1) is 9.33. The van der Waals surface area contributed by atoms with Crippen LogP contribution >= 0.6 is 0 Å². The zero-order chi connectivity index (χ0) is 13.1. The van der Waals surface area contributed by atoms with Gasteiger partial charge in [-0.15, -0.1) is 0 Å². The third kappa shape index (κ3) is 2.99. The number of nitrogens with one attached hydrogen (secondary N) is 2. The van der Waals surface area contributed by atoms with Crippen LogP contribution < -0.4 is 5.32 Å². The Morgan fingerprint density at radius 3 is 2.84 bits per heavy atom. The zero-order valence-corrected chi connectivity index (χ0v) is 11.4. The second-order valence-electron chi connectivity index (χ2n) is 4.62. The summed E-state index contributed by atoms with van der Waals surface area (Å²) in [7, 11) is -0.969. The Morgan fingerprint density at radius 1 is 1.21 bits per heavy atom. The lowest BCUT2D eigenvalue weighted by Gasteiger charge is -2.26. The first kappa shape index (κ1) is 12.7. The van der Waals surface area contributed by atoms with E-state index in [9.17, 15) is 4.21 Å². The van der Waals surface area contributed by atoms with Gasteiger partial charge >= 0.3 is 0 Å². The molecule has 0 saturated carbocycles. The average molecular weight is 279 g/mol. The lowest BCUT2D eigenvalue weighted by atomic mass is 10.3. The summed E-state index contributed by atoms with van der Waals surface area (Å²) in [6.45, 7) is 5.01. The van der Waals surface area contributed by atoms with Crippen LogP contribution in [0.2, 0.25) is 0 Å². The Hall–Kier alpha value is -1.31. The zero-order valence-electron chi connectivity index (χ0n) is 10.6. The highest BCUT2D eigenvalue weighted by molar-refractivity contribution is 7.85. The van der Waals surface area contributed by atoms with E-state index in [1.807, 2.05) is 18.2 Å². The van der Waals surface area contributed by atoms with Crippen LogP contribution in [0.1, 0.15) is 0 Å². The maximum absolute atomic E-state index is 12.3. The van der Waals surface area contributed by atoms with Gasteiger partial charge in [-0.1, -0.05) is 0 Å². The summed E-state index contributed by atoms with van der Waals surface area (Å²) >= 11 is 0. The molecular weight excluding hydrogens is 262 g/mol. The lowest BCUT2D eigenvalue weighted by Crippen LogP contribution is -2.44. The molecule has 0 spiro atoms. The maximum Gasteiger partial charge on any atom is 0.114 e. The van der Waals surface area contributed by atoms with E-state index >= 15 is 0 Å². The maximum atomic E-state index is 12.3. The predicted molar refractivity (Wildman–Crippen MR) is 74.5 cm³/mol. The smallest absolute Gasteiger partial charge is 0.114 e. The van der Waals surface area contributed by atoms with Crippen molar-refractivity contribution in [2.75, 3.05) is 38.5 Å². The number of hydrogen-bond acceptors (Lipinski definition) is 5. The van der Waals surface area contributed by atoms with Crippen molar-refractivity contribution < 1.29 is 4.21 Å². The van der Waals surface area contributed by atoms with E-state index in [-0.39, 0.29) is 0 Å². The van der Waals surface area contributed by atoms with E-state index in [1.54, 1.807) is 0 Å². The lowest BCUT2D eigenvalue weighted by molar-refractivity contribution is 0.254. The highest BCUT2D eigenvalue weighted by Gasteiger charge is 2.12. The Labute approximate surface area is 114 Å². The molecule has 0 bridgehead atoms. The molecule has 1 aliphatic heterocycles. The van der Waals surface area contributed by atoms with E-state index in [0.717, 1.165) is 48.7 Å². The van der Waals surface area contributed by atoms with Gasteiger partial charge in [0.25, 0.3) is 0 Å². The molecule has 1 aliphatic rings. The highest BCUT2D eigenvalue weighted by atomic mass is 32.2. The summed E-state index contributed by atoms with van der Waals surface area (Å²) in [6, 6.07) is 5.59. The van der Waals surface area contributed by atoms with E-state index in [0.29, 0.717) is 5.75 Å². The molecule has 1 atom stereocenters. The minimum Gasteiger partial charge on any atom is -0.314 e.